The van der Waals surface area contributed by atoms with Gasteiger partial charge in [0.25, 0.3) is 0 Å². The molecule has 0 aliphatic heterocycles. The average Bonchev–Trinajstić information content (AvgIpc) is 2.25. The van der Waals surface area contributed by atoms with Crippen LogP contribution in [0.5, 0.6) is 5.75 Å². The molecule has 5 nitrogen and oxygen atoms in total. The average molecular weight is 196 g/mol. The second-order valence-corrected chi connectivity index (χ2v) is 2.55. The first-order chi connectivity index (χ1) is 6.79. The lowest BCUT2D eigenvalue weighted by Crippen LogP contribution is -2.15. The highest BCUT2D eigenvalue weighted by atomic mass is 16.5. The predicted molar refractivity (Wildman–Crippen MR) is 51.5 cm³/mol. The van der Waals surface area contributed by atoms with Crippen LogP contribution in [0, 0.1) is 0 Å². The van der Waals surface area contributed by atoms with Gasteiger partial charge in [0.1, 0.15) is 12.4 Å². The number of nitrogens with zero attached hydrogens (tertiary/aromatic N) is 1. The number of ether oxygens (including phenoxy) is 1. The van der Waals surface area contributed by atoms with E-state index in [4.69, 9.17) is 20.8 Å². The van der Waals surface area contributed by atoms with E-state index in [9.17, 15) is 0 Å². The number of nitrogens with two attached hydrogens (primary N) is 1. The van der Waals surface area contributed by atoms with Crippen molar-refractivity contribution in [2.75, 3.05) is 13.2 Å². The number of amidine groups is 1. The second-order valence-electron chi connectivity index (χ2n) is 2.55. The molecule has 0 fully saturated rings. The number of hydrogen-bond donors (Lipinski definition) is 3. The summed E-state index contributed by atoms with van der Waals surface area (Å²) in [5.41, 5.74) is 5.93. The lowest BCUT2D eigenvalue weighted by atomic mass is 10.2. The Hall–Kier alpha value is -1.75. The maximum atomic E-state index is 8.58. The molecule has 0 saturated heterocycles. The minimum atomic E-state index is -0.0789. The van der Waals surface area contributed by atoms with Gasteiger partial charge in [0.15, 0.2) is 5.84 Å². The Morgan fingerprint density at radius 2 is 2.14 bits per heavy atom. The highest BCUT2D eigenvalue weighted by molar-refractivity contribution is 5.99. The van der Waals surface area contributed by atoms with Gasteiger partial charge >= 0.3 is 0 Å². The first kappa shape index (κ1) is 10.3. The third-order valence-electron chi connectivity index (χ3n) is 1.62. The van der Waals surface area contributed by atoms with E-state index in [-0.39, 0.29) is 19.0 Å². The van der Waals surface area contributed by atoms with Crippen LogP contribution in [0.4, 0.5) is 0 Å². The van der Waals surface area contributed by atoms with Crippen molar-refractivity contribution >= 4 is 5.84 Å². The number of oxime groups is 1. The van der Waals surface area contributed by atoms with Crippen LogP contribution in [0.2, 0.25) is 0 Å². The van der Waals surface area contributed by atoms with Crippen molar-refractivity contribution in [3.05, 3.63) is 29.8 Å². The van der Waals surface area contributed by atoms with Crippen molar-refractivity contribution in [1.82, 2.24) is 0 Å². The standard InChI is InChI=1S/C9H12N2O3/c10-9(11-13)7-3-1-2-4-8(7)14-6-5-12/h1-4,12-13H,5-6H2,(H2,10,11). The lowest BCUT2D eigenvalue weighted by molar-refractivity contribution is 0.201. The van der Waals surface area contributed by atoms with Gasteiger partial charge in [-0.1, -0.05) is 17.3 Å². The fourth-order valence-corrected chi connectivity index (χ4v) is 1.01. The summed E-state index contributed by atoms with van der Waals surface area (Å²) in [6, 6.07) is 6.87. The number of aliphatic hydroxyl groups is 1. The van der Waals surface area contributed by atoms with E-state index in [0.29, 0.717) is 11.3 Å². The van der Waals surface area contributed by atoms with Gasteiger partial charge in [0, 0.05) is 0 Å². The topological polar surface area (TPSA) is 88.1 Å². The monoisotopic (exact) mass is 196 g/mol. The van der Waals surface area contributed by atoms with Gasteiger partial charge in [-0.05, 0) is 12.1 Å². The van der Waals surface area contributed by atoms with E-state index >= 15 is 0 Å². The molecule has 1 aromatic rings. The Labute approximate surface area is 81.4 Å². The molecular formula is C9H12N2O3. The second kappa shape index (κ2) is 5.08. The third kappa shape index (κ3) is 2.37. The summed E-state index contributed by atoms with van der Waals surface area (Å²) in [6.45, 7) is 0.0974. The van der Waals surface area contributed by atoms with E-state index in [0.717, 1.165) is 0 Å². The Morgan fingerprint density at radius 3 is 2.79 bits per heavy atom. The molecule has 0 saturated carbocycles. The van der Waals surface area contributed by atoms with E-state index in [1.165, 1.54) is 0 Å². The summed E-state index contributed by atoms with van der Waals surface area (Å²) < 4.78 is 5.19. The summed E-state index contributed by atoms with van der Waals surface area (Å²) >= 11 is 0. The molecule has 0 aromatic heterocycles. The maximum absolute atomic E-state index is 8.58. The van der Waals surface area contributed by atoms with Crippen molar-refractivity contribution in [2.24, 2.45) is 10.9 Å². The first-order valence-electron chi connectivity index (χ1n) is 4.10. The van der Waals surface area contributed by atoms with E-state index < -0.39 is 0 Å². The highest BCUT2D eigenvalue weighted by Gasteiger charge is 2.06. The molecule has 14 heavy (non-hydrogen) atoms. The number of hydrogen-bond acceptors (Lipinski definition) is 4. The van der Waals surface area contributed by atoms with Crippen LogP contribution in [-0.4, -0.2) is 29.4 Å². The molecule has 0 atom stereocenters. The van der Waals surface area contributed by atoms with Crippen LogP contribution in [0.25, 0.3) is 0 Å². The Balaban J connectivity index is 2.91. The molecule has 0 amide bonds. The van der Waals surface area contributed by atoms with Crippen molar-refractivity contribution in [2.45, 2.75) is 0 Å². The Morgan fingerprint density at radius 1 is 1.43 bits per heavy atom. The normalized spacial score (nSPS) is 11.4. The molecule has 0 radical (unpaired) electrons. The summed E-state index contributed by atoms with van der Waals surface area (Å²) in [7, 11) is 0. The van der Waals surface area contributed by atoms with Gasteiger partial charge in [0.05, 0.1) is 12.2 Å². The zero-order valence-electron chi connectivity index (χ0n) is 7.55. The largest absolute Gasteiger partial charge is 0.490 e. The fourth-order valence-electron chi connectivity index (χ4n) is 1.01. The van der Waals surface area contributed by atoms with Gasteiger partial charge in [-0.15, -0.1) is 0 Å². The van der Waals surface area contributed by atoms with Crippen molar-refractivity contribution in [3.63, 3.8) is 0 Å². The molecular weight excluding hydrogens is 184 g/mol. The summed E-state index contributed by atoms with van der Waals surface area (Å²) in [5.74, 6) is 0.468. The molecule has 1 rings (SSSR count). The zero-order chi connectivity index (χ0) is 10.4. The van der Waals surface area contributed by atoms with Crippen molar-refractivity contribution < 1.29 is 15.1 Å². The van der Waals surface area contributed by atoms with E-state index in [2.05, 4.69) is 5.16 Å². The fraction of sp³-hybridized carbons (Fsp3) is 0.222. The zero-order valence-corrected chi connectivity index (χ0v) is 7.55. The molecule has 0 spiro atoms. The first-order valence-corrected chi connectivity index (χ1v) is 4.10. The van der Waals surface area contributed by atoms with Crippen LogP contribution in [-0.2, 0) is 0 Å². The molecule has 5 heteroatoms. The van der Waals surface area contributed by atoms with Crippen LogP contribution < -0.4 is 10.5 Å². The Bertz CT molecular complexity index is 326. The number of rotatable bonds is 4. The summed E-state index contributed by atoms with van der Waals surface area (Å²) in [6.07, 6.45) is 0. The van der Waals surface area contributed by atoms with Gasteiger partial charge in [-0.3, -0.25) is 0 Å². The minimum Gasteiger partial charge on any atom is -0.490 e. The lowest BCUT2D eigenvalue weighted by Gasteiger charge is -2.08. The summed E-state index contributed by atoms with van der Waals surface area (Å²) in [4.78, 5) is 0. The molecule has 0 aliphatic carbocycles. The third-order valence-corrected chi connectivity index (χ3v) is 1.62. The van der Waals surface area contributed by atoms with Crippen LogP contribution in [0.15, 0.2) is 29.4 Å². The van der Waals surface area contributed by atoms with Gasteiger partial charge < -0.3 is 20.8 Å². The quantitative estimate of drug-likeness (QED) is 0.277. The van der Waals surface area contributed by atoms with E-state index in [1.807, 2.05) is 0 Å². The molecule has 4 N–H and O–H groups in total. The molecule has 1 aromatic carbocycles. The smallest absolute Gasteiger partial charge is 0.173 e. The molecule has 0 bridgehead atoms. The molecule has 0 aliphatic rings. The Kier molecular flexibility index (Phi) is 3.75. The van der Waals surface area contributed by atoms with Crippen molar-refractivity contribution in [3.8, 4) is 5.75 Å². The molecule has 0 unspecified atom stereocenters. The number of aliphatic hydroxyl groups excluding tert-OH is 1. The predicted octanol–water partition coefficient (Wildman–Crippen LogP) is 0.152. The number of para-hydroxylation sites is 1. The van der Waals surface area contributed by atoms with Gasteiger partial charge in [-0.25, -0.2) is 0 Å². The minimum absolute atomic E-state index is 0.0152. The highest BCUT2D eigenvalue weighted by Crippen LogP contribution is 2.17. The molecule has 76 valence electrons. The van der Waals surface area contributed by atoms with Gasteiger partial charge in [0.2, 0.25) is 0 Å². The van der Waals surface area contributed by atoms with E-state index in [1.54, 1.807) is 24.3 Å². The van der Waals surface area contributed by atoms with Crippen LogP contribution in [0.1, 0.15) is 5.56 Å². The maximum Gasteiger partial charge on any atom is 0.173 e. The van der Waals surface area contributed by atoms with Crippen LogP contribution >= 0.6 is 0 Å². The summed E-state index contributed by atoms with van der Waals surface area (Å²) in [5, 5.41) is 20.0. The SMILES string of the molecule is N/C(=N\O)c1ccccc1OCCO. The van der Waals surface area contributed by atoms with Crippen LogP contribution in [0.3, 0.4) is 0 Å². The van der Waals surface area contributed by atoms with Gasteiger partial charge in [-0.2, -0.15) is 0 Å². The molecule has 0 heterocycles. The number of benzene rings is 1. The van der Waals surface area contributed by atoms with Crippen molar-refractivity contribution in [1.29, 1.82) is 0 Å².